The predicted octanol–water partition coefficient (Wildman–Crippen LogP) is 5.04. The highest BCUT2D eigenvalue weighted by Crippen LogP contribution is 2.31. The highest BCUT2D eigenvalue weighted by molar-refractivity contribution is 9.10. The molecule has 110 valence electrons. The Balaban J connectivity index is 2.22. The monoisotopic (exact) mass is 383 g/mol. The first-order chi connectivity index (χ1) is 10.2. The highest BCUT2D eigenvalue weighted by atomic mass is 79.9. The van der Waals surface area contributed by atoms with Crippen LogP contribution in [0.5, 0.6) is 0 Å². The van der Waals surface area contributed by atoms with Crippen molar-refractivity contribution >= 4 is 49.9 Å². The zero-order chi connectivity index (χ0) is 14.8. The van der Waals surface area contributed by atoms with Crippen molar-refractivity contribution in [2.45, 2.75) is 25.8 Å². The topological polar surface area (TPSA) is 30.7 Å². The van der Waals surface area contributed by atoms with Crippen molar-refractivity contribution < 1.29 is 0 Å². The summed E-state index contributed by atoms with van der Waals surface area (Å²) >= 11 is 11.2. The first-order valence-corrected chi connectivity index (χ1v) is 9.07. The molecule has 0 radical (unpaired) electrons. The first kappa shape index (κ1) is 15.0. The molecule has 0 aliphatic carbocycles. The summed E-state index contributed by atoms with van der Waals surface area (Å²) in [6.07, 6.45) is 3.59. The number of aromatic nitrogens is 3. The zero-order valence-electron chi connectivity index (χ0n) is 11.6. The fourth-order valence-corrected chi connectivity index (χ4v) is 3.92. The number of rotatable bonds is 5. The van der Waals surface area contributed by atoms with E-state index in [1.54, 1.807) is 11.3 Å². The lowest BCUT2D eigenvalue weighted by molar-refractivity contribution is 0.555. The number of aryl methyl sites for hydroxylation is 1. The molecule has 6 heteroatoms. The van der Waals surface area contributed by atoms with Crippen LogP contribution in [0.3, 0.4) is 0 Å². The van der Waals surface area contributed by atoms with E-state index in [0.29, 0.717) is 5.88 Å². The third-order valence-corrected chi connectivity index (χ3v) is 5.04. The highest BCUT2D eigenvalue weighted by Gasteiger charge is 2.21. The second kappa shape index (κ2) is 6.46. The number of thiazole rings is 1. The Morgan fingerprint density at radius 2 is 2.29 bits per heavy atom. The predicted molar refractivity (Wildman–Crippen MR) is 92.4 cm³/mol. The Bertz CT molecular complexity index is 739. The SMILES string of the molecule is CCC(c1nccs1)n1c(CCCl)nc2ccc(Br)cc21. The maximum atomic E-state index is 5.96. The summed E-state index contributed by atoms with van der Waals surface area (Å²) < 4.78 is 3.35. The van der Waals surface area contributed by atoms with Crippen LogP contribution < -0.4 is 0 Å². The molecule has 0 amide bonds. The standard InChI is InChI=1S/C15H15BrClN3S/c1-2-12(15-18-7-8-21-15)20-13-9-10(16)3-4-11(13)19-14(20)5-6-17/h3-4,7-9,12H,2,5-6H2,1H3. The molecule has 2 aromatic heterocycles. The lowest BCUT2D eigenvalue weighted by Crippen LogP contribution is -2.13. The van der Waals surface area contributed by atoms with E-state index in [0.717, 1.165) is 39.2 Å². The largest absolute Gasteiger partial charge is 0.318 e. The molecule has 0 aliphatic heterocycles. The number of nitrogens with zero attached hydrogens (tertiary/aromatic N) is 3. The number of alkyl halides is 1. The summed E-state index contributed by atoms with van der Waals surface area (Å²) in [6, 6.07) is 6.40. The van der Waals surface area contributed by atoms with Gasteiger partial charge in [0, 0.05) is 28.4 Å². The van der Waals surface area contributed by atoms with E-state index in [4.69, 9.17) is 16.6 Å². The van der Waals surface area contributed by atoms with Gasteiger partial charge in [0.25, 0.3) is 0 Å². The van der Waals surface area contributed by atoms with E-state index in [2.05, 4.69) is 38.5 Å². The van der Waals surface area contributed by atoms with Gasteiger partial charge in [0.05, 0.1) is 17.1 Å². The Hall–Kier alpha value is -0.910. The summed E-state index contributed by atoms with van der Waals surface area (Å²) in [5.74, 6) is 1.60. The number of fused-ring (bicyclic) bond motifs is 1. The molecule has 1 aromatic carbocycles. The van der Waals surface area contributed by atoms with Gasteiger partial charge in [0.15, 0.2) is 0 Å². The van der Waals surface area contributed by atoms with Crippen LogP contribution in [0.2, 0.25) is 0 Å². The van der Waals surface area contributed by atoms with Crippen molar-refractivity contribution in [1.82, 2.24) is 14.5 Å². The maximum absolute atomic E-state index is 5.96. The van der Waals surface area contributed by atoms with Crippen LogP contribution in [-0.2, 0) is 6.42 Å². The first-order valence-electron chi connectivity index (χ1n) is 6.86. The minimum Gasteiger partial charge on any atom is -0.318 e. The fourth-order valence-electron chi connectivity index (χ4n) is 2.59. The van der Waals surface area contributed by atoms with Crippen molar-refractivity contribution in [1.29, 1.82) is 0 Å². The van der Waals surface area contributed by atoms with Crippen LogP contribution in [0, 0.1) is 0 Å². The lowest BCUT2D eigenvalue weighted by Gasteiger charge is -2.18. The molecule has 0 N–H and O–H groups in total. The average Bonchev–Trinajstić information content (AvgIpc) is 3.10. The summed E-state index contributed by atoms with van der Waals surface area (Å²) in [7, 11) is 0. The second-order valence-corrected chi connectivity index (χ2v) is 6.98. The molecule has 0 saturated heterocycles. The van der Waals surface area contributed by atoms with Gasteiger partial charge in [-0.2, -0.15) is 0 Å². The molecule has 0 fully saturated rings. The molecule has 21 heavy (non-hydrogen) atoms. The van der Waals surface area contributed by atoms with E-state index in [1.165, 1.54) is 0 Å². The Morgan fingerprint density at radius 1 is 1.43 bits per heavy atom. The van der Waals surface area contributed by atoms with Gasteiger partial charge in [-0.15, -0.1) is 22.9 Å². The lowest BCUT2D eigenvalue weighted by atomic mass is 10.2. The molecule has 3 aromatic rings. The van der Waals surface area contributed by atoms with E-state index < -0.39 is 0 Å². The summed E-state index contributed by atoms with van der Waals surface area (Å²) in [6.45, 7) is 2.18. The smallest absolute Gasteiger partial charge is 0.115 e. The molecule has 2 heterocycles. The van der Waals surface area contributed by atoms with Crippen LogP contribution in [0.15, 0.2) is 34.2 Å². The van der Waals surface area contributed by atoms with Crippen molar-refractivity contribution in [3.05, 3.63) is 45.1 Å². The van der Waals surface area contributed by atoms with Gasteiger partial charge in [-0.25, -0.2) is 9.97 Å². The number of hydrogen-bond acceptors (Lipinski definition) is 3. The van der Waals surface area contributed by atoms with Crippen LogP contribution in [0.25, 0.3) is 11.0 Å². The molecule has 1 unspecified atom stereocenters. The van der Waals surface area contributed by atoms with Crippen molar-refractivity contribution in [3.8, 4) is 0 Å². The molecule has 1 atom stereocenters. The quantitative estimate of drug-likeness (QED) is 0.577. The van der Waals surface area contributed by atoms with Gasteiger partial charge < -0.3 is 4.57 Å². The van der Waals surface area contributed by atoms with E-state index in [-0.39, 0.29) is 6.04 Å². The van der Waals surface area contributed by atoms with Gasteiger partial charge in [-0.1, -0.05) is 22.9 Å². The normalized spacial score (nSPS) is 12.9. The van der Waals surface area contributed by atoms with Gasteiger partial charge in [-0.3, -0.25) is 0 Å². The molecule has 3 rings (SSSR count). The van der Waals surface area contributed by atoms with Gasteiger partial charge >= 0.3 is 0 Å². The van der Waals surface area contributed by atoms with Crippen molar-refractivity contribution in [3.63, 3.8) is 0 Å². The average molecular weight is 385 g/mol. The van der Waals surface area contributed by atoms with E-state index >= 15 is 0 Å². The minimum absolute atomic E-state index is 0.211. The summed E-state index contributed by atoms with van der Waals surface area (Å²) in [4.78, 5) is 9.26. The Morgan fingerprint density at radius 3 is 2.95 bits per heavy atom. The van der Waals surface area contributed by atoms with Gasteiger partial charge in [-0.05, 0) is 24.6 Å². The molecular weight excluding hydrogens is 370 g/mol. The fraction of sp³-hybridized carbons (Fsp3) is 0.333. The minimum atomic E-state index is 0.211. The molecule has 0 bridgehead atoms. The molecule has 3 nitrogen and oxygen atoms in total. The number of hydrogen-bond donors (Lipinski definition) is 0. The number of imidazole rings is 1. The van der Waals surface area contributed by atoms with Gasteiger partial charge in [0.2, 0.25) is 0 Å². The second-order valence-electron chi connectivity index (χ2n) is 4.76. The summed E-state index contributed by atoms with van der Waals surface area (Å²) in [5.41, 5.74) is 2.14. The van der Waals surface area contributed by atoms with Crippen molar-refractivity contribution in [2.75, 3.05) is 5.88 Å². The third kappa shape index (κ3) is 2.87. The molecule has 0 spiro atoms. The Kier molecular flexibility index (Phi) is 4.62. The maximum Gasteiger partial charge on any atom is 0.115 e. The van der Waals surface area contributed by atoms with E-state index in [1.807, 2.05) is 23.7 Å². The van der Waals surface area contributed by atoms with Crippen LogP contribution in [0.1, 0.15) is 30.2 Å². The zero-order valence-corrected chi connectivity index (χ0v) is 14.7. The number of halogens is 2. The van der Waals surface area contributed by atoms with Crippen LogP contribution >= 0.6 is 38.9 Å². The van der Waals surface area contributed by atoms with Crippen molar-refractivity contribution in [2.24, 2.45) is 0 Å². The molecule has 0 saturated carbocycles. The third-order valence-electron chi connectivity index (χ3n) is 3.48. The van der Waals surface area contributed by atoms with Crippen LogP contribution in [0.4, 0.5) is 0 Å². The van der Waals surface area contributed by atoms with E-state index in [9.17, 15) is 0 Å². The Labute approximate surface area is 141 Å². The van der Waals surface area contributed by atoms with Gasteiger partial charge in [0.1, 0.15) is 10.8 Å². The van der Waals surface area contributed by atoms with Crippen LogP contribution in [-0.4, -0.2) is 20.4 Å². The molecule has 0 aliphatic rings. The summed E-state index contributed by atoms with van der Waals surface area (Å²) in [5, 5.41) is 3.14. The number of benzene rings is 1. The molecular formula is C15H15BrClN3S.